The van der Waals surface area contributed by atoms with Crippen LogP contribution in [-0.2, 0) is 23.6 Å². The lowest BCUT2D eigenvalue weighted by Crippen LogP contribution is -2.36. The summed E-state index contributed by atoms with van der Waals surface area (Å²) in [6.45, 7) is 4.28. The van der Waals surface area contributed by atoms with Crippen LogP contribution in [0.25, 0.3) is 11.3 Å². The number of likely N-dealkylation sites (tertiary alicyclic amines) is 1. The molecule has 0 aliphatic carbocycles. The van der Waals surface area contributed by atoms with Crippen LogP contribution in [0.15, 0.2) is 30.7 Å². The lowest BCUT2D eigenvalue weighted by molar-refractivity contribution is 0.331. The van der Waals surface area contributed by atoms with E-state index in [0.717, 1.165) is 23.4 Å². The molecule has 3 heterocycles. The molecule has 2 aromatic rings. The van der Waals surface area contributed by atoms with Gasteiger partial charge in [-0.05, 0) is 25.1 Å². The van der Waals surface area contributed by atoms with E-state index in [-0.39, 0.29) is 5.25 Å². The molecule has 0 spiro atoms. The van der Waals surface area contributed by atoms with Crippen LogP contribution in [0.5, 0.6) is 0 Å². The fourth-order valence-electron chi connectivity index (χ4n) is 3.16. The lowest BCUT2D eigenvalue weighted by Gasteiger charge is -2.16. The molecule has 7 nitrogen and oxygen atoms in total. The van der Waals surface area contributed by atoms with Gasteiger partial charge in [0.1, 0.15) is 0 Å². The van der Waals surface area contributed by atoms with Gasteiger partial charge in [-0.2, -0.15) is 5.10 Å². The van der Waals surface area contributed by atoms with Crippen LogP contribution in [0, 0.1) is 0 Å². The van der Waals surface area contributed by atoms with Gasteiger partial charge in [0.15, 0.2) is 0 Å². The zero-order valence-corrected chi connectivity index (χ0v) is 14.8. The van der Waals surface area contributed by atoms with Crippen molar-refractivity contribution in [1.29, 1.82) is 0 Å². The quantitative estimate of drug-likeness (QED) is 0.841. The summed E-state index contributed by atoms with van der Waals surface area (Å²) >= 11 is 0. The number of aryl methyl sites for hydroxylation is 1. The molecule has 130 valence electrons. The molecule has 1 aliphatic heterocycles. The van der Waals surface area contributed by atoms with Crippen molar-refractivity contribution in [2.24, 2.45) is 7.05 Å². The van der Waals surface area contributed by atoms with Crippen LogP contribution in [0.3, 0.4) is 0 Å². The summed E-state index contributed by atoms with van der Waals surface area (Å²) < 4.78 is 28.7. The SMILES string of the molecule is CCNS(=O)(=O)[C@H]1CCN(Cc2cn(C)nc2-c2ccncc2)C1. The summed E-state index contributed by atoms with van der Waals surface area (Å²) in [4.78, 5) is 6.23. The van der Waals surface area contributed by atoms with Gasteiger partial charge in [-0.15, -0.1) is 0 Å². The van der Waals surface area contributed by atoms with Crippen LogP contribution in [0.4, 0.5) is 0 Å². The number of hydrogen-bond acceptors (Lipinski definition) is 5. The third kappa shape index (κ3) is 3.66. The van der Waals surface area contributed by atoms with Gasteiger partial charge < -0.3 is 0 Å². The van der Waals surface area contributed by atoms with Gasteiger partial charge >= 0.3 is 0 Å². The summed E-state index contributed by atoms with van der Waals surface area (Å²) in [7, 11) is -1.31. The minimum absolute atomic E-state index is 0.335. The third-order valence-corrected chi connectivity index (χ3v) is 6.22. The van der Waals surface area contributed by atoms with Crippen molar-refractivity contribution >= 4 is 10.0 Å². The molecular weight excluding hydrogens is 326 g/mol. The third-order valence-electron chi connectivity index (χ3n) is 4.27. The van der Waals surface area contributed by atoms with Gasteiger partial charge in [0.25, 0.3) is 0 Å². The monoisotopic (exact) mass is 349 g/mol. The highest BCUT2D eigenvalue weighted by atomic mass is 32.2. The Hall–Kier alpha value is -1.77. The molecule has 1 fully saturated rings. The van der Waals surface area contributed by atoms with Crippen LogP contribution in [0.1, 0.15) is 18.9 Å². The predicted molar refractivity (Wildman–Crippen MR) is 92.7 cm³/mol. The molecule has 0 bridgehead atoms. The molecule has 0 saturated carbocycles. The summed E-state index contributed by atoms with van der Waals surface area (Å²) in [6.07, 6.45) is 6.17. The summed E-state index contributed by atoms with van der Waals surface area (Å²) in [5.41, 5.74) is 3.06. The minimum atomic E-state index is -3.21. The van der Waals surface area contributed by atoms with Crippen molar-refractivity contribution in [2.75, 3.05) is 19.6 Å². The van der Waals surface area contributed by atoms with E-state index in [2.05, 4.69) is 19.7 Å². The van der Waals surface area contributed by atoms with Gasteiger partial charge in [-0.25, -0.2) is 13.1 Å². The van der Waals surface area contributed by atoms with E-state index in [1.54, 1.807) is 24.0 Å². The Morgan fingerprint density at radius 3 is 2.79 bits per heavy atom. The lowest BCUT2D eigenvalue weighted by atomic mass is 10.1. The minimum Gasteiger partial charge on any atom is -0.298 e. The van der Waals surface area contributed by atoms with Crippen molar-refractivity contribution in [3.05, 3.63) is 36.3 Å². The molecule has 0 radical (unpaired) electrons. The zero-order chi connectivity index (χ0) is 17.2. The van der Waals surface area contributed by atoms with Crippen LogP contribution < -0.4 is 4.72 Å². The average Bonchev–Trinajstić information content (AvgIpc) is 3.16. The molecule has 24 heavy (non-hydrogen) atoms. The highest BCUT2D eigenvalue weighted by Gasteiger charge is 2.32. The van der Waals surface area contributed by atoms with E-state index in [9.17, 15) is 8.42 Å². The first-order valence-corrected chi connectivity index (χ1v) is 9.68. The van der Waals surface area contributed by atoms with Gasteiger partial charge in [0.2, 0.25) is 10.0 Å². The number of hydrogen-bond donors (Lipinski definition) is 1. The first-order chi connectivity index (χ1) is 11.5. The van der Waals surface area contributed by atoms with E-state index < -0.39 is 10.0 Å². The van der Waals surface area contributed by atoms with E-state index in [1.807, 2.05) is 25.4 Å². The highest BCUT2D eigenvalue weighted by Crippen LogP contribution is 2.25. The van der Waals surface area contributed by atoms with Crippen molar-refractivity contribution in [3.8, 4) is 11.3 Å². The maximum absolute atomic E-state index is 12.2. The second-order valence-corrected chi connectivity index (χ2v) is 8.15. The van der Waals surface area contributed by atoms with E-state index in [1.165, 1.54) is 0 Å². The number of nitrogens with zero attached hydrogens (tertiary/aromatic N) is 4. The first-order valence-electron chi connectivity index (χ1n) is 8.13. The Kier molecular flexibility index (Phi) is 4.98. The first kappa shape index (κ1) is 17.1. The molecule has 1 aliphatic rings. The Balaban J connectivity index is 1.74. The van der Waals surface area contributed by atoms with Crippen LogP contribution >= 0.6 is 0 Å². The van der Waals surface area contributed by atoms with Gasteiger partial charge in [0.05, 0.1) is 10.9 Å². The molecule has 0 aromatic carbocycles. The molecular formula is C16H23N5O2S. The Labute approximate surface area is 142 Å². The summed E-state index contributed by atoms with van der Waals surface area (Å²) in [5, 5.41) is 4.22. The van der Waals surface area contributed by atoms with Crippen LogP contribution in [0.2, 0.25) is 0 Å². The maximum Gasteiger partial charge on any atom is 0.215 e. The fourth-order valence-corrected chi connectivity index (χ4v) is 4.62. The standard InChI is InChI=1S/C16H23N5O2S/c1-3-18-24(22,23)15-6-9-21(12-15)11-14-10-20(2)19-16(14)13-4-7-17-8-5-13/h4-5,7-8,10,15,18H,3,6,9,11-12H2,1-2H3/t15-/m0/s1. The molecule has 1 saturated heterocycles. The number of sulfonamides is 1. The summed E-state index contributed by atoms with van der Waals surface area (Å²) in [5.74, 6) is 0. The molecule has 0 unspecified atom stereocenters. The highest BCUT2D eigenvalue weighted by molar-refractivity contribution is 7.90. The largest absolute Gasteiger partial charge is 0.298 e. The van der Waals surface area contributed by atoms with Crippen molar-refractivity contribution < 1.29 is 8.42 Å². The molecule has 0 amide bonds. The van der Waals surface area contributed by atoms with E-state index >= 15 is 0 Å². The van der Waals surface area contributed by atoms with Gasteiger partial charge in [0, 0.05) is 56.4 Å². The van der Waals surface area contributed by atoms with Crippen molar-refractivity contribution in [1.82, 2.24) is 24.4 Å². The number of rotatable bonds is 6. The van der Waals surface area contributed by atoms with E-state index in [4.69, 9.17) is 0 Å². The number of aromatic nitrogens is 3. The number of nitrogens with one attached hydrogen (secondary N) is 1. The molecule has 1 atom stereocenters. The molecule has 8 heteroatoms. The second kappa shape index (κ2) is 7.00. The molecule has 2 aromatic heterocycles. The van der Waals surface area contributed by atoms with Gasteiger partial charge in [-0.3, -0.25) is 14.6 Å². The van der Waals surface area contributed by atoms with Gasteiger partial charge in [-0.1, -0.05) is 6.92 Å². The molecule has 3 rings (SSSR count). The fraction of sp³-hybridized carbons (Fsp3) is 0.500. The van der Waals surface area contributed by atoms with Crippen molar-refractivity contribution in [3.63, 3.8) is 0 Å². The Morgan fingerprint density at radius 2 is 2.08 bits per heavy atom. The van der Waals surface area contributed by atoms with Crippen molar-refractivity contribution in [2.45, 2.75) is 25.1 Å². The second-order valence-electron chi connectivity index (χ2n) is 6.10. The normalized spacial score (nSPS) is 19.0. The average molecular weight is 349 g/mol. The predicted octanol–water partition coefficient (Wildman–Crippen LogP) is 0.996. The Morgan fingerprint density at radius 1 is 1.33 bits per heavy atom. The zero-order valence-electron chi connectivity index (χ0n) is 14.0. The smallest absolute Gasteiger partial charge is 0.215 e. The molecule has 1 N–H and O–H groups in total. The Bertz CT molecular complexity index is 788. The number of pyridine rings is 1. The van der Waals surface area contributed by atoms with Crippen LogP contribution in [-0.4, -0.2) is 53.0 Å². The topological polar surface area (TPSA) is 80.1 Å². The summed E-state index contributed by atoms with van der Waals surface area (Å²) in [6, 6.07) is 3.88. The maximum atomic E-state index is 12.2. The van der Waals surface area contributed by atoms with E-state index in [0.29, 0.717) is 26.1 Å².